The van der Waals surface area contributed by atoms with E-state index in [1.54, 1.807) is 6.07 Å². The van der Waals surface area contributed by atoms with Crippen molar-refractivity contribution in [2.75, 3.05) is 35.5 Å². The van der Waals surface area contributed by atoms with Crippen molar-refractivity contribution in [1.29, 1.82) is 0 Å². The van der Waals surface area contributed by atoms with Crippen molar-refractivity contribution >= 4 is 44.6 Å². The number of halogens is 1. The third-order valence-electron chi connectivity index (χ3n) is 9.71. The van der Waals surface area contributed by atoms with Crippen LogP contribution in [0.4, 0.5) is 17.1 Å². The summed E-state index contributed by atoms with van der Waals surface area (Å²) in [7, 11) is -1.95. The van der Waals surface area contributed by atoms with E-state index in [9.17, 15) is 13.2 Å². The molecule has 0 radical (unpaired) electrons. The lowest BCUT2D eigenvalue weighted by Crippen LogP contribution is -2.42. The lowest BCUT2D eigenvalue weighted by Gasteiger charge is -2.36. The Hall–Kier alpha value is -4.30. The van der Waals surface area contributed by atoms with E-state index in [0.29, 0.717) is 12.1 Å². The van der Waals surface area contributed by atoms with E-state index in [1.807, 2.05) is 58.0 Å². The first-order valence-corrected chi connectivity index (χ1v) is 18.5. The fourth-order valence-corrected chi connectivity index (χ4v) is 8.50. The molecule has 2 aliphatic heterocycles. The lowest BCUT2D eigenvalue weighted by molar-refractivity contribution is -0.124. The number of anilines is 3. The topological polar surface area (TPSA) is 133 Å². The second-order valence-corrected chi connectivity index (χ2v) is 15.6. The number of hydrogen-bond donors (Lipinski definition) is 2. The minimum absolute atomic E-state index is 0.0548. The molecular weight excluding hydrogens is 676 g/mol. The first-order valence-electron chi connectivity index (χ1n) is 16.7. The van der Waals surface area contributed by atoms with Gasteiger partial charge in [-0.05, 0) is 84.8 Å². The summed E-state index contributed by atoms with van der Waals surface area (Å²) in [6, 6.07) is 13.4. The van der Waals surface area contributed by atoms with Gasteiger partial charge in [-0.2, -0.15) is 4.31 Å². The van der Waals surface area contributed by atoms with Crippen LogP contribution in [0.25, 0.3) is 0 Å². The van der Waals surface area contributed by atoms with Gasteiger partial charge in [0.25, 0.3) is 0 Å². The molecule has 6 rings (SSSR count). The minimum atomic E-state index is -3.93. The van der Waals surface area contributed by atoms with Gasteiger partial charge in [0, 0.05) is 32.3 Å². The molecule has 1 amide bonds. The quantitative estimate of drug-likeness (QED) is 0.199. The third kappa shape index (κ3) is 6.50. The number of aromatic nitrogens is 3. The molecule has 0 aliphatic carbocycles. The number of ether oxygens (including phenoxy) is 1. The number of sulfonamides is 1. The highest BCUT2D eigenvalue weighted by atomic mass is 35.5. The van der Waals surface area contributed by atoms with Gasteiger partial charge in [0.05, 0.1) is 41.4 Å². The lowest BCUT2D eigenvalue weighted by atomic mass is 9.69. The maximum Gasteiger partial charge on any atom is 0.248 e. The van der Waals surface area contributed by atoms with Gasteiger partial charge in [-0.3, -0.25) is 14.8 Å². The number of carbonyl (C=O) groups excluding carboxylic acids is 1. The van der Waals surface area contributed by atoms with E-state index < -0.39 is 21.4 Å². The summed E-state index contributed by atoms with van der Waals surface area (Å²) in [5, 5.41) is 7.15. The summed E-state index contributed by atoms with van der Waals surface area (Å²) in [4.78, 5) is 26.6. The largest absolute Gasteiger partial charge is 0.472 e. The predicted octanol–water partition coefficient (Wildman–Crippen LogP) is 6.00. The molecule has 0 fully saturated rings. The molecule has 4 heterocycles. The minimum Gasteiger partial charge on any atom is -0.472 e. The molecule has 2 aromatic carbocycles. The van der Waals surface area contributed by atoms with Crippen LogP contribution in [0.2, 0.25) is 5.28 Å². The van der Waals surface area contributed by atoms with Crippen LogP contribution in [-0.4, -0.2) is 59.8 Å². The molecule has 0 saturated heterocycles. The van der Waals surface area contributed by atoms with Crippen LogP contribution < -0.4 is 25.6 Å². The number of pyridine rings is 1. The van der Waals surface area contributed by atoms with E-state index in [1.165, 1.54) is 29.0 Å². The summed E-state index contributed by atoms with van der Waals surface area (Å²) in [6.07, 6.45) is 4.74. The van der Waals surface area contributed by atoms with E-state index in [-0.39, 0.29) is 41.2 Å². The molecule has 4 aromatic rings. The molecule has 14 heteroatoms. The van der Waals surface area contributed by atoms with Crippen molar-refractivity contribution in [1.82, 2.24) is 24.8 Å². The predicted molar refractivity (Wildman–Crippen MR) is 195 cm³/mol. The fraction of sp³-hybridized carbons (Fsp3) is 0.389. The monoisotopic (exact) mass is 718 g/mol. The number of hydrazine groups is 2. The van der Waals surface area contributed by atoms with Crippen LogP contribution in [0.1, 0.15) is 67.9 Å². The van der Waals surface area contributed by atoms with Crippen molar-refractivity contribution in [2.45, 2.75) is 71.4 Å². The number of fused-ring (bicyclic) bond motifs is 2. The van der Waals surface area contributed by atoms with Crippen molar-refractivity contribution in [3.63, 3.8) is 0 Å². The van der Waals surface area contributed by atoms with Gasteiger partial charge in [-0.25, -0.2) is 23.4 Å². The third-order valence-corrected chi connectivity index (χ3v) is 11.7. The van der Waals surface area contributed by atoms with Crippen molar-refractivity contribution in [2.24, 2.45) is 5.41 Å². The van der Waals surface area contributed by atoms with Gasteiger partial charge in [0.1, 0.15) is 11.0 Å². The van der Waals surface area contributed by atoms with Gasteiger partial charge < -0.3 is 10.1 Å². The van der Waals surface area contributed by atoms with Gasteiger partial charge in [-0.1, -0.05) is 45.0 Å². The Morgan fingerprint density at radius 3 is 2.56 bits per heavy atom. The maximum atomic E-state index is 14.3. The van der Waals surface area contributed by atoms with Crippen molar-refractivity contribution < 1.29 is 17.9 Å². The van der Waals surface area contributed by atoms with Crippen LogP contribution >= 0.6 is 11.6 Å². The van der Waals surface area contributed by atoms with E-state index in [0.717, 1.165) is 45.7 Å². The average Bonchev–Trinajstić information content (AvgIpc) is 3.37. The van der Waals surface area contributed by atoms with Gasteiger partial charge in [0.2, 0.25) is 27.1 Å². The summed E-state index contributed by atoms with van der Waals surface area (Å²) < 4.78 is 35.6. The zero-order valence-corrected chi connectivity index (χ0v) is 30.9. The Morgan fingerprint density at radius 1 is 1.12 bits per heavy atom. The SMILES string of the molecule is CC[C@@H]1CN(Cc2cc([C@@H](c3ccc4c(c3C)N(C)NN4CC)C(C)(C)C(=O)Nc3cnc(Cl)nc3)ccc2C)S(=O)(=O)c2cccnc2O1. The Labute approximate surface area is 298 Å². The highest BCUT2D eigenvalue weighted by Crippen LogP contribution is 2.48. The van der Waals surface area contributed by atoms with E-state index in [2.05, 4.69) is 56.8 Å². The molecule has 12 nitrogen and oxygen atoms in total. The average molecular weight is 719 g/mol. The molecule has 2 N–H and O–H groups in total. The second kappa shape index (κ2) is 13.8. The van der Waals surface area contributed by atoms with Gasteiger partial charge in [0.15, 0.2) is 0 Å². The van der Waals surface area contributed by atoms with Crippen molar-refractivity contribution in [3.05, 3.63) is 94.2 Å². The van der Waals surface area contributed by atoms with Gasteiger partial charge >= 0.3 is 0 Å². The smallest absolute Gasteiger partial charge is 0.248 e. The Morgan fingerprint density at radius 2 is 1.86 bits per heavy atom. The normalized spacial score (nSPS) is 17.8. The number of hydrogen-bond acceptors (Lipinski definition) is 10. The van der Waals surface area contributed by atoms with Crippen LogP contribution in [0, 0.1) is 19.3 Å². The summed E-state index contributed by atoms with van der Waals surface area (Å²) in [6.45, 7) is 13.0. The molecule has 0 unspecified atom stereocenters. The van der Waals surface area contributed by atoms with Crippen LogP contribution in [0.3, 0.4) is 0 Å². The summed E-state index contributed by atoms with van der Waals surface area (Å²) >= 11 is 5.91. The highest BCUT2D eigenvalue weighted by Gasteiger charge is 2.42. The highest BCUT2D eigenvalue weighted by molar-refractivity contribution is 7.89. The summed E-state index contributed by atoms with van der Waals surface area (Å²) in [5.41, 5.74) is 9.51. The maximum absolute atomic E-state index is 14.3. The Kier molecular flexibility index (Phi) is 9.79. The molecule has 50 heavy (non-hydrogen) atoms. The van der Waals surface area contributed by atoms with E-state index >= 15 is 0 Å². The first kappa shape index (κ1) is 35.5. The molecule has 2 aromatic heterocycles. The zero-order chi connectivity index (χ0) is 36.0. The first-order chi connectivity index (χ1) is 23.8. The summed E-state index contributed by atoms with van der Waals surface area (Å²) in [5.74, 6) is -0.555. The van der Waals surface area contributed by atoms with Crippen LogP contribution in [-0.2, 0) is 21.4 Å². The second-order valence-electron chi connectivity index (χ2n) is 13.3. The Balaban J connectivity index is 1.45. The molecule has 2 atom stereocenters. The number of rotatable bonds is 9. The number of nitrogens with zero attached hydrogens (tertiary/aromatic N) is 6. The molecule has 0 bridgehead atoms. The number of carbonyl (C=O) groups is 1. The molecule has 264 valence electrons. The standard InChI is InChI=1S/C36H43ClN8O4S/c1-8-27-21-44(50(47,48)30-11-10-16-38-33(30)49-27)20-25-17-24(13-12-22(25)3)31(36(5,6)34(46)41-26-18-39-35(37)40-19-26)28-14-15-29-32(23(28)4)43(7)42-45(29)9-2/h10-19,27,31,42H,8-9,20-21H2,1-7H3,(H,41,46)/t27-,31+/m1/s1. The fourth-order valence-electron chi connectivity index (χ4n) is 6.88. The van der Waals surface area contributed by atoms with Crippen LogP contribution in [0.5, 0.6) is 5.88 Å². The molecular formula is C36H43ClN8O4S. The van der Waals surface area contributed by atoms with E-state index in [4.69, 9.17) is 16.3 Å². The van der Waals surface area contributed by atoms with Crippen LogP contribution in [0.15, 0.2) is 66.0 Å². The Bertz CT molecular complexity index is 2030. The number of amides is 1. The van der Waals surface area contributed by atoms with Crippen molar-refractivity contribution in [3.8, 4) is 5.88 Å². The number of aryl methyl sites for hydroxylation is 1. The molecule has 0 spiro atoms. The van der Waals surface area contributed by atoms with Gasteiger partial charge in [-0.15, -0.1) is 5.53 Å². The number of nitrogens with one attached hydrogen (secondary N) is 2. The zero-order valence-electron chi connectivity index (χ0n) is 29.4. The molecule has 2 aliphatic rings. The molecule has 0 saturated carbocycles. The number of benzene rings is 2.